The Kier molecular flexibility index (Phi) is 4.56. The largest absolute Gasteiger partial charge is 0.349 e. The van der Waals surface area contributed by atoms with Crippen LogP contribution in [0.15, 0.2) is 24.3 Å². The number of rotatable bonds is 4. The van der Waals surface area contributed by atoms with Crippen LogP contribution in [0.3, 0.4) is 0 Å². The van der Waals surface area contributed by atoms with E-state index in [2.05, 4.69) is 39.3 Å². The Morgan fingerprint density at radius 3 is 2.83 bits per heavy atom. The molecular weight excluding hydrogens is 360 g/mol. The van der Waals surface area contributed by atoms with Crippen molar-refractivity contribution in [3.63, 3.8) is 0 Å². The summed E-state index contributed by atoms with van der Waals surface area (Å²) in [5, 5.41) is 5.75. The van der Waals surface area contributed by atoms with Crippen LogP contribution in [0.2, 0.25) is 0 Å². The highest BCUT2D eigenvalue weighted by Crippen LogP contribution is 2.30. The van der Waals surface area contributed by atoms with Crippen LogP contribution >= 0.6 is 28.4 Å². The second-order valence-corrected chi connectivity index (χ2v) is 6.29. The van der Waals surface area contributed by atoms with Gasteiger partial charge in [0, 0.05) is 32.3 Å². The number of fused-ring (bicyclic) bond motifs is 1. The average Bonchev–Trinajstić information content (AvgIpc) is 2.74. The Morgan fingerprint density at radius 2 is 2.17 bits per heavy atom. The molecule has 18 heavy (non-hydrogen) atoms. The van der Waals surface area contributed by atoms with E-state index in [4.69, 9.17) is 0 Å². The van der Waals surface area contributed by atoms with Gasteiger partial charge in [0.15, 0.2) is 0 Å². The Balaban J connectivity index is 2.26. The zero-order chi connectivity index (χ0) is 13.1. The minimum atomic E-state index is 0.144. The fourth-order valence-electron chi connectivity index (χ4n) is 1.83. The van der Waals surface area contributed by atoms with E-state index in [9.17, 15) is 4.79 Å². The van der Waals surface area contributed by atoms with Gasteiger partial charge >= 0.3 is 0 Å². The summed E-state index contributed by atoms with van der Waals surface area (Å²) >= 11 is 2.32. The molecule has 0 saturated carbocycles. The molecule has 0 radical (unpaired) electrons. The van der Waals surface area contributed by atoms with Gasteiger partial charge in [-0.25, -0.2) is 4.45 Å². The molecule has 4 nitrogen and oxygen atoms in total. The van der Waals surface area contributed by atoms with E-state index < -0.39 is 0 Å². The molecule has 0 saturated heterocycles. The number of aryl methyl sites for hydroxylation is 1. The van der Waals surface area contributed by atoms with Gasteiger partial charge in [0.1, 0.15) is 0 Å². The molecule has 1 aromatic heterocycles. The summed E-state index contributed by atoms with van der Waals surface area (Å²) in [6.07, 6.45) is 1.79. The monoisotopic (exact) mass is 375 g/mol. The van der Waals surface area contributed by atoms with Gasteiger partial charge in [-0.05, 0) is 28.1 Å². The molecule has 0 aliphatic carbocycles. The number of benzene rings is 1. The van der Waals surface area contributed by atoms with Crippen LogP contribution in [0.1, 0.15) is 12.1 Å². The number of nitrogens with zero attached hydrogens (tertiary/aromatic N) is 3. The van der Waals surface area contributed by atoms with Crippen LogP contribution in [0.25, 0.3) is 10.9 Å². The predicted octanol–water partition coefficient (Wildman–Crippen LogP) is 2.85. The molecule has 0 fully saturated rings. The first-order chi connectivity index (χ1) is 8.63. The molecule has 1 heterocycles. The van der Waals surface area contributed by atoms with Crippen molar-refractivity contribution in [3.8, 4) is 0 Å². The van der Waals surface area contributed by atoms with Crippen molar-refractivity contribution in [3.05, 3.63) is 30.0 Å². The van der Waals surface area contributed by atoms with Gasteiger partial charge in [-0.2, -0.15) is 5.10 Å². The summed E-state index contributed by atoms with van der Waals surface area (Å²) in [6.45, 7) is 0. The molecule has 96 valence electrons. The van der Waals surface area contributed by atoms with Gasteiger partial charge in [-0.1, -0.05) is 18.2 Å². The summed E-state index contributed by atoms with van der Waals surface area (Å²) in [4.78, 5) is 13.2. The smallest absolute Gasteiger partial charge is 0.222 e. The van der Waals surface area contributed by atoms with Crippen LogP contribution < -0.4 is 0 Å². The lowest BCUT2D eigenvalue weighted by Gasteiger charge is -2.08. The summed E-state index contributed by atoms with van der Waals surface area (Å²) in [5.74, 6) is 0.144. The van der Waals surface area contributed by atoms with Crippen molar-refractivity contribution in [1.82, 2.24) is 14.5 Å². The maximum absolute atomic E-state index is 11.6. The van der Waals surface area contributed by atoms with Crippen molar-refractivity contribution in [2.75, 3.05) is 14.1 Å². The first-order valence-corrected chi connectivity index (χ1v) is 9.73. The summed E-state index contributed by atoms with van der Waals surface area (Å²) < 4.78 is 2.01. The van der Waals surface area contributed by atoms with Crippen molar-refractivity contribution in [1.29, 1.82) is 0 Å². The maximum Gasteiger partial charge on any atom is 0.222 e. The zero-order valence-corrected chi connectivity index (χ0v) is 13.5. The van der Waals surface area contributed by atoms with E-state index >= 15 is 0 Å². The second-order valence-electron chi connectivity index (χ2n) is 4.25. The number of aromatic nitrogens is 2. The lowest BCUT2D eigenvalue weighted by atomic mass is 10.1. The maximum atomic E-state index is 11.6. The third-order valence-electron chi connectivity index (χ3n) is 2.82. The van der Waals surface area contributed by atoms with Gasteiger partial charge in [0.2, 0.25) is 5.91 Å². The van der Waals surface area contributed by atoms with Crippen LogP contribution in [0.5, 0.6) is 0 Å². The SMILES string of the molecule is CN(C)C(=O)CCc1nn(PI)c2ccccc12. The van der Waals surface area contributed by atoms with Crippen LogP contribution in [-0.2, 0) is 11.2 Å². The first-order valence-electron chi connectivity index (χ1n) is 5.67. The van der Waals surface area contributed by atoms with Crippen LogP contribution in [-0.4, -0.2) is 34.5 Å². The Morgan fingerprint density at radius 1 is 1.44 bits per heavy atom. The van der Waals surface area contributed by atoms with Gasteiger partial charge in [-0.3, -0.25) is 4.79 Å². The van der Waals surface area contributed by atoms with Crippen molar-refractivity contribution < 1.29 is 4.79 Å². The molecule has 0 aliphatic rings. The molecule has 0 N–H and O–H groups in total. The highest BCUT2D eigenvalue weighted by Gasteiger charge is 2.11. The van der Waals surface area contributed by atoms with Gasteiger partial charge in [0.05, 0.1) is 17.6 Å². The summed E-state index contributed by atoms with van der Waals surface area (Å²) in [6, 6.07) is 8.18. The Bertz CT molecular complexity index is 567. The number of hydrogen-bond donors (Lipinski definition) is 0. The fraction of sp³-hybridized carbons (Fsp3) is 0.333. The molecule has 1 aromatic carbocycles. The molecular formula is C12H15IN3OP. The minimum absolute atomic E-state index is 0.144. The molecule has 1 amide bonds. The average molecular weight is 375 g/mol. The topological polar surface area (TPSA) is 38.1 Å². The van der Waals surface area contributed by atoms with E-state index in [1.54, 1.807) is 19.0 Å². The lowest BCUT2D eigenvalue weighted by molar-refractivity contribution is -0.128. The second kappa shape index (κ2) is 5.97. The van der Waals surface area contributed by atoms with E-state index in [1.165, 1.54) is 0 Å². The quantitative estimate of drug-likeness (QED) is 0.609. The van der Waals surface area contributed by atoms with Crippen molar-refractivity contribution >= 4 is 45.2 Å². The summed E-state index contributed by atoms with van der Waals surface area (Å²) in [5.41, 5.74) is 2.17. The number of para-hydroxylation sites is 1. The highest BCUT2D eigenvalue weighted by molar-refractivity contribution is 14.2. The number of carbonyl (C=O) groups excluding carboxylic acids is 1. The van der Waals surface area contributed by atoms with E-state index in [1.807, 2.05) is 16.6 Å². The Labute approximate surface area is 121 Å². The highest BCUT2D eigenvalue weighted by atomic mass is 127. The standard InChI is InChI=1S/C12H15IN3OP/c1-15(2)12(17)8-7-10-9-5-3-4-6-11(9)16(14-10)18-13/h3-6,18H,7-8H2,1-2H3. The summed E-state index contributed by atoms with van der Waals surface area (Å²) in [7, 11) is 3.57. The van der Waals surface area contributed by atoms with E-state index in [0.29, 0.717) is 19.2 Å². The minimum Gasteiger partial charge on any atom is -0.349 e. The Hall–Kier alpha value is -0.680. The molecule has 6 heteroatoms. The predicted molar refractivity (Wildman–Crippen MR) is 84.5 cm³/mol. The zero-order valence-electron chi connectivity index (χ0n) is 10.4. The first kappa shape index (κ1) is 13.7. The van der Waals surface area contributed by atoms with E-state index in [0.717, 1.165) is 16.6 Å². The molecule has 2 rings (SSSR count). The lowest BCUT2D eigenvalue weighted by Crippen LogP contribution is -2.21. The third kappa shape index (κ3) is 2.83. The van der Waals surface area contributed by atoms with Gasteiger partial charge in [-0.15, -0.1) is 0 Å². The van der Waals surface area contributed by atoms with E-state index in [-0.39, 0.29) is 5.91 Å². The third-order valence-corrected chi connectivity index (χ3v) is 4.69. The number of hydrogen-bond acceptors (Lipinski definition) is 2. The number of amides is 1. The fourth-order valence-corrected chi connectivity index (χ4v) is 3.38. The molecule has 1 unspecified atom stereocenters. The number of carbonyl (C=O) groups is 1. The van der Waals surface area contributed by atoms with Crippen molar-refractivity contribution in [2.24, 2.45) is 0 Å². The van der Waals surface area contributed by atoms with Gasteiger partial charge in [0.25, 0.3) is 0 Å². The molecule has 2 aromatic rings. The van der Waals surface area contributed by atoms with Crippen LogP contribution in [0, 0.1) is 0 Å². The molecule has 0 aliphatic heterocycles. The normalized spacial score (nSPS) is 11.5. The van der Waals surface area contributed by atoms with Crippen molar-refractivity contribution in [2.45, 2.75) is 12.8 Å². The van der Waals surface area contributed by atoms with Crippen LogP contribution in [0.4, 0.5) is 0 Å². The molecule has 0 bridgehead atoms. The molecule has 1 atom stereocenters. The molecule has 0 spiro atoms. The number of halogens is 1. The van der Waals surface area contributed by atoms with Gasteiger partial charge < -0.3 is 4.90 Å².